The second kappa shape index (κ2) is 6.76. The summed E-state index contributed by atoms with van der Waals surface area (Å²) in [7, 11) is 2.01. The van der Waals surface area contributed by atoms with E-state index in [4.69, 9.17) is 0 Å². The topological polar surface area (TPSA) is 61.0 Å². The van der Waals surface area contributed by atoms with Crippen LogP contribution in [-0.2, 0) is 11.2 Å². The Labute approximate surface area is 126 Å². The van der Waals surface area contributed by atoms with Gasteiger partial charge in [0, 0.05) is 11.8 Å². The summed E-state index contributed by atoms with van der Waals surface area (Å²) in [5.74, 6) is 2.88. The van der Waals surface area contributed by atoms with Crippen LogP contribution in [0.5, 0.6) is 0 Å². The summed E-state index contributed by atoms with van der Waals surface area (Å²) in [6.45, 7) is 2.45. The molecule has 7 heteroatoms. The van der Waals surface area contributed by atoms with Gasteiger partial charge in [0.1, 0.15) is 0 Å². The molecule has 106 valence electrons. The lowest BCUT2D eigenvalue weighted by Gasteiger charge is -2.22. The van der Waals surface area contributed by atoms with Gasteiger partial charge >= 0.3 is 0 Å². The third-order valence-electron chi connectivity index (χ3n) is 3.31. The van der Waals surface area contributed by atoms with Gasteiger partial charge in [-0.1, -0.05) is 6.92 Å². The molecular formula is C12H19BrN4OS. The van der Waals surface area contributed by atoms with Crippen LogP contribution in [0, 0.1) is 0 Å². The fourth-order valence-corrected chi connectivity index (χ4v) is 3.93. The van der Waals surface area contributed by atoms with Crippen molar-refractivity contribution < 1.29 is 4.79 Å². The van der Waals surface area contributed by atoms with Crippen LogP contribution >= 0.6 is 27.7 Å². The molecule has 0 spiro atoms. The molecule has 0 aromatic carbocycles. The highest BCUT2D eigenvalue weighted by Gasteiger charge is 2.22. The Morgan fingerprint density at radius 1 is 1.68 bits per heavy atom. The van der Waals surface area contributed by atoms with Crippen molar-refractivity contribution in [3.05, 3.63) is 10.2 Å². The molecule has 1 fully saturated rings. The zero-order valence-corrected chi connectivity index (χ0v) is 13.6. The van der Waals surface area contributed by atoms with Crippen molar-refractivity contribution in [2.75, 3.05) is 30.4 Å². The molecule has 1 atom stereocenters. The van der Waals surface area contributed by atoms with Crippen LogP contribution in [0.15, 0.2) is 4.47 Å². The smallest absolute Gasteiger partial charge is 0.239 e. The molecule has 1 aromatic rings. The minimum absolute atomic E-state index is 0.0192. The molecule has 0 aliphatic carbocycles. The average molecular weight is 347 g/mol. The number of nitrogens with one attached hydrogen (secondary N) is 2. The third kappa shape index (κ3) is 3.73. The van der Waals surface area contributed by atoms with E-state index in [2.05, 4.69) is 36.3 Å². The molecule has 19 heavy (non-hydrogen) atoms. The molecule has 2 N–H and O–H groups in total. The van der Waals surface area contributed by atoms with E-state index in [1.165, 1.54) is 12.2 Å². The van der Waals surface area contributed by atoms with E-state index in [1.807, 2.05) is 25.7 Å². The normalized spacial score (nSPS) is 19.1. The number of H-pyrrole nitrogens is 1. The lowest BCUT2D eigenvalue weighted by Crippen LogP contribution is -2.38. The van der Waals surface area contributed by atoms with Crippen molar-refractivity contribution in [1.82, 2.24) is 15.1 Å². The minimum atomic E-state index is -0.0192. The Hall–Kier alpha value is -0.530. The van der Waals surface area contributed by atoms with Gasteiger partial charge in [-0.25, -0.2) is 0 Å². The summed E-state index contributed by atoms with van der Waals surface area (Å²) < 4.78 is 0.849. The predicted octanol–water partition coefficient (Wildman–Crippen LogP) is 2.11. The number of halogens is 1. The number of amides is 1. The number of aromatic amines is 1. The van der Waals surface area contributed by atoms with Gasteiger partial charge in [-0.05, 0) is 41.6 Å². The van der Waals surface area contributed by atoms with Gasteiger partial charge in [0.05, 0.1) is 16.7 Å². The second-order valence-electron chi connectivity index (χ2n) is 4.70. The molecule has 1 saturated heterocycles. The maximum atomic E-state index is 12.0. The molecule has 0 unspecified atom stereocenters. The number of nitrogens with zero attached hydrogens (tertiary/aromatic N) is 2. The zero-order chi connectivity index (χ0) is 13.8. The number of carbonyl (C=O) groups excluding carboxylic acids is 1. The first-order valence-electron chi connectivity index (χ1n) is 6.42. The molecule has 1 amide bonds. The lowest BCUT2D eigenvalue weighted by molar-refractivity contribution is -0.117. The number of carbonyl (C=O) groups is 1. The quantitative estimate of drug-likeness (QED) is 0.857. The second-order valence-corrected chi connectivity index (χ2v) is 6.64. The van der Waals surface area contributed by atoms with E-state index < -0.39 is 0 Å². The van der Waals surface area contributed by atoms with Crippen molar-refractivity contribution in [3.63, 3.8) is 0 Å². The van der Waals surface area contributed by atoms with Gasteiger partial charge < -0.3 is 5.32 Å². The predicted molar refractivity (Wildman–Crippen MR) is 82.7 cm³/mol. The number of aromatic nitrogens is 2. The van der Waals surface area contributed by atoms with E-state index >= 15 is 0 Å². The number of likely N-dealkylation sites (N-methyl/N-ethyl adjacent to an activating group) is 1. The van der Waals surface area contributed by atoms with Crippen molar-refractivity contribution in [3.8, 4) is 0 Å². The molecular weight excluding hydrogens is 328 g/mol. The Bertz CT molecular complexity index is 445. The zero-order valence-electron chi connectivity index (χ0n) is 11.2. The molecule has 2 heterocycles. The monoisotopic (exact) mass is 346 g/mol. The lowest BCUT2D eigenvalue weighted by atomic mass is 10.2. The molecule has 1 aliphatic rings. The Morgan fingerprint density at radius 3 is 3.05 bits per heavy atom. The maximum Gasteiger partial charge on any atom is 0.239 e. The fourth-order valence-electron chi connectivity index (χ4n) is 2.08. The van der Waals surface area contributed by atoms with E-state index in [-0.39, 0.29) is 5.91 Å². The number of aryl methyl sites for hydroxylation is 1. The first-order valence-corrected chi connectivity index (χ1v) is 8.37. The van der Waals surface area contributed by atoms with Crippen molar-refractivity contribution >= 4 is 39.4 Å². The molecule has 0 saturated carbocycles. The van der Waals surface area contributed by atoms with E-state index in [0.29, 0.717) is 18.4 Å². The minimum Gasteiger partial charge on any atom is -0.307 e. The Balaban J connectivity index is 1.88. The fraction of sp³-hybridized carbons (Fsp3) is 0.667. The van der Waals surface area contributed by atoms with Gasteiger partial charge in [0.2, 0.25) is 5.91 Å². The van der Waals surface area contributed by atoms with Crippen LogP contribution in [0.3, 0.4) is 0 Å². The van der Waals surface area contributed by atoms with Gasteiger partial charge in [0.25, 0.3) is 0 Å². The average Bonchev–Trinajstić information content (AvgIpc) is 3.00. The van der Waals surface area contributed by atoms with Crippen molar-refractivity contribution in [2.45, 2.75) is 25.8 Å². The summed E-state index contributed by atoms with van der Waals surface area (Å²) in [6.07, 6.45) is 2.02. The van der Waals surface area contributed by atoms with Crippen LogP contribution in [0.1, 0.15) is 19.0 Å². The summed E-state index contributed by atoms with van der Waals surface area (Å²) in [4.78, 5) is 14.1. The first-order chi connectivity index (χ1) is 9.11. The molecule has 1 aromatic heterocycles. The Kier molecular flexibility index (Phi) is 5.29. The van der Waals surface area contributed by atoms with Gasteiger partial charge in [0.15, 0.2) is 5.82 Å². The molecule has 5 nitrogen and oxygen atoms in total. The summed E-state index contributed by atoms with van der Waals surface area (Å²) in [5, 5.41) is 9.86. The number of thioether (sulfide) groups is 1. The maximum absolute atomic E-state index is 12.0. The summed E-state index contributed by atoms with van der Waals surface area (Å²) in [5.41, 5.74) is 0.996. The van der Waals surface area contributed by atoms with Crippen LogP contribution in [0.25, 0.3) is 0 Å². The van der Waals surface area contributed by atoms with Crippen LogP contribution in [0.2, 0.25) is 0 Å². The van der Waals surface area contributed by atoms with E-state index in [1.54, 1.807) is 0 Å². The van der Waals surface area contributed by atoms with Crippen LogP contribution in [-0.4, -0.2) is 52.1 Å². The molecule has 0 bridgehead atoms. The van der Waals surface area contributed by atoms with Gasteiger partial charge in [-0.15, -0.1) is 0 Å². The number of rotatable bonds is 5. The molecule has 2 rings (SSSR count). The summed E-state index contributed by atoms with van der Waals surface area (Å²) in [6, 6.07) is 0.518. The van der Waals surface area contributed by atoms with E-state index in [0.717, 1.165) is 22.3 Å². The van der Waals surface area contributed by atoms with Gasteiger partial charge in [-0.2, -0.15) is 16.9 Å². The highest BCUT2D eigenvalue weighted by Crippen LogP contribution is 2.24. The molecule has 1 aliphatic heterocycles. The highest BCUT2D eigenvalue weighted by molar-refractivity contribution is 9.10. The number of hydrogen-bond donors (Lipinski definition) is 2. The third-order valence-corrected chi connectivity index (χ3v) is 5.31. The summed E-state index contributed by atoms with van der Waals surface area (Å²) >= 11 is 5.40. The molecule has 0 radical (unpaired) electrons. The largest absolute Gasteiger partial charge is 0.307 e. The highest BCUT2D eigenvalue weighted by atomic mass is 79.9. The van der Waals surface area contributed by atoms with E-state index in [9.17, 15) is 4.79 Å². The Morgan fingerprint density at radius 2 is 2.47 bits per heavy atom. The first kappa shape index (κ1) is 14.9. The van der Waals surface area contributed by atoms with Gasteiger partial charge in [-0.3, -0.25) is 14.8 Å². The number of hydrogen-bond acceptors (Lipinski definition) is 4. The van der Waals surface area contributed by atoms with Crippen molar-refractivity contribution in [2.24, 2.45) is 0 Å². The SMILES string of the molecule is CCc1[nH]nc(NC(=O)CN(C)[C@H]2CCSC2)c1Br. The van der Waals surface area contributed by atoms with Crippen molar-refractivity contribution in [1.29, 1.82) is 0 Å². The standard InChI is InChI=1S/C12H19BrN4OS/c1-3-9-11(13)12(16-15-9)14-10(18)6-17(2)8-4-5-19-7-8/h8H,3-7H2,1-2H3,(H2,14,15,16,18)/t8-/m0/s1. The number of anilines is 1. The van der Waals surface area contributed by atoms with Crippen LogP contribution in [0.4, 0.5) is 5.82 Å². The van der Waals surface area contributed by atoms with Crippen LogP contribution < -0.4 is 5.32 Å².